The van der Waals surface area contributed by atoms with Gasteiger partial charge in [0, 0.05) is 21.1 Å². The van der Waals surface area contributed by atoms with Crippen molar-refractivity contribution < 1.29 is 22.7 Å². The van der Waals surface area contributed by atoms with Crippen molar-refractivity contribution in [3.05, 3.63) is 28.8 Å². The van der Waals surface area contributed by atoms with Crippen LogP contribution in [0.2, 0.25) is 5.02 Å². The van der Waals surface area contributed by atoms with Gasteiger partial charge in [-0.15, -0.1) is 0 Å². The first kappa shape index (κ1) is 21.4. The van der Waals surface area contributed by atoms with E-state index in [1.807, 2.05) is 0 Å². The highest BCUT2D eigenvalue weighted by Gasteiger charge is 2.24. The van der Waals surface area contributed by atoms with Gasteiger partial charge in [-0.2, -0.15) is 0 Å². The lowest BCUT2D eigenvalue weighted by Gasteiger charge is -2.23. The summed E-state index contributed by atoms with van der Waals surface area (Å²) in [5, 5.41) is 0.0961. The number of rotatable bonds is 5. The van der Waals surface area contributed by atoms with Gasteiger partial charge in [-0.3, -0.25) is 9.59 Å². The van der Waals surface area contributed by atoms with Crippen molar-refractivity contribution in [2.45, 2.75) is 31.3 Å². The van der Waals surface area contributed by atoms with E-state index in [0.29, 0.717) is 0 Å². The Morgan fingerprint density at radius 2 is 1.72 bits per heavy atom. The zero-order valence-corrected chi connectivity index (χ0v) is 16.7. The minimum Gasteiger partial charge on any atom is -0.459 e. The molecule has 0 spiro atoms. The fourth-order valence-electron chi connectivity index (χ4n) is 1.88. The lowest BCUT2D eigenvalue weighted by atomic mass is 10.2. The summed E-state index contributed by atoms with van der Waals surface area (Å²) in [5.74, 6) is -1.15. The highest BCUT2D eigenvalue weighted by molar-refractivity contribution is 7.89. The third-order valence-electron chi connectivity index (χ3n) is 3.08. The van der Waals surface area contributed by atoms with Crippen LogP contribution in [-0.2, 0) is 19.6 Å². The summed E-state index contributed by atoms with van der Waals surface area (Å²) in [4.78, 5) is 25.5. The Balaban J connectivity index is 3.07. The van der Waals surface area contributed by atoms with Gasteiger partial charge in [0.2, 0.25) is 10.0 Å². The second-order valence-corrected chi connectivity index (χ2v) is 9.24. The Morgan fingerprint density at radius 1 is 1.16 bits per heavy atom. The van der Waals surface area contributed by atoms with E-state index < -0.39 is 27.5 Å². The van der Waals surface area contributed by atoms with E-state index in [9.17, 15) is 18.0 Å². The SMILES string of the molecule is CN(CC(=O)OC(C)(C)C)C(=O)c1cc(S(=O)(=O)N(C)C)ccc1Cl. The lowest BCUT2D eigenvalue weighted by molar-refractivity contribution is -0.155. The second kappa shape index (κ2) is 7.72. The summed E-state index contributed by atoms with van der Waals surface area (Å²) in [6.07, 6.45) is 0. The van der Waals surface area contributed by atoms with Gasteiger partial charge in [-0.05, 0) is 39.0 Å². The van der Waals surface area contributed by atoms with Crippen LogP contribution in [0.3, 0.4) is 0 Å². The van der Waals surface area contributed by atoms with E-state index in [1.165, 1.54) is 39.3 Å². The normalized spacial score (nSPS) is 12.2. The van der Waals surface area contributed by atoms with Crippen LogP contribution in [0.25, 0.3) is 0 Å². The highest BCUT2D eigenvalue weighted by Crippen LogP contribution is 2.23. The third kappa shape index (κ3) is 5.69. The van der Waals surface area contributed by atoms with Gasteiger partial charge in [0.1, 0.15) is 12.1 Å². The summed E-state index contributed by atoms with van der Waals surface area (Å²) < 4.78 is 30.6. The van der Waals surface area contributed by atoms with Crippen LogP contribution in [-0.4, -0.2) is 62.8 Å². The molecule has 0 saturated carbocycles. The number of esters is 1. The molecule has 7 nitrogen and oxygen atoms in total. The average Bonchev–Trinajstić information content (AvgIpc) is 2.44. The number of sulfonamides is 1. The Bertz CT molecular complexity index is 769. The monoisotopic (exact) mass is 390 g/mol. The molecule has 1 rings (SSSR count). The summed E-state index contributed by atoms with van der Waals surface area (Å²) in [5.41, 5.74) is -0.672. The molecule has 1 aromatic carbocycles. The van der Waals surface area contributed by atoms with Crippen molar-refractivity contribution in [1.29, 1.82) is 0 Å². The van der Waals surface area contributed by atoms with E-state index in [2.05, 4.69) is 0 Å². The predicted molar refractivity (Wildman–Crippen MR) is 95.1 cm³/mol. The maximum absolute atomic E-state index is 12.5. The van der Waals surface area contributed by atoms with Gasteiger partial charge in [-0.25, -0.2) is 12.7 Å². The van der Waals surface area contributed by atoms with Crippen molar-refractivity contribution in [2.75, 3.05) is 27.7 Å². The molecule has 0 aliphatic rings. The maximum Gasteiger partial charge on any atom is 0.326 e. The van der Waals surface area contributed by atoms with Gasteiger partial charge < -0.3 is 9.64 Å². The molecule has 9 heteroatoms. The number of nitrogens with zero attached hydrogens (tertiary/aromatic N) is 2. The van der Waals surface area contributed by atoms with E-state index in [-0.39, 0.29) is 22.0 Å². The fourth-order valence-corrected chi connectivity index (χ4v) is 3.01. The molecule has 0 radical (unpaired) electrons. The van der Waals surface area contributed by atoms with Crippen LogP contribution in [0, 0.1) is 0 Å². The van der Waals surface area contributed by atoms with Gasteiger partial charge >= 0.3 is 5.97 Å². The number of amides is 1. The Hall–Kier alpha value is -1.64. The van der Waals surface area contributed by atoms with Crippen LogP contribution in [0.5, 0.6) is 0 Å². The minimum absolute atomic E-state index is 0.00403. The Labute approximate surface area is 153 Å². The molecular weight excluding hydrogens is 368 g/mol. The smallest absolute Gasteiger partial charge is 0.326 e. The molecule has 140 valence electrons. The largest absolute Gasteiger partial charge is 0.459 e. The quantitative estimate of drug-likeness (QED) is 0.718. The van der Waals surface area contributed by atoms with Gasteiger partial charge in [-0.1, -0.05) is 11.6 Å². The minimum atomic E-state index is -3.71. The molecule has 0 unspecified atom stereocenters. The van der Waals surface area contributed by atoms with E-state index in [0.717, 1.165) is 9.21 Å². The van der Waals surface area contributed by atoms with Gasteiger partial charge in [0.25, 0.3) is 5.91 Å². The molecule has 0 atom stereocenters. The number of hydrogen-bond acceptors (Lipinski definition) is 5. The summed E-state index contributed by atoms with van der Waals surface area (Å²) >= 11 is 6.04. The van der Waals surface area contributed by atoms with E-state index in [4.69, 9.17) is 16.3 Å². The predicted octanol–water partition coefficient (Wildman–Crippen LogP) is 2.00. The van der Waals surface area contributed by atoms with Crippen LogP contribution in [0.1, 0.15) is 31.1 Å². The molecule has 1 amide bonds. The topological polar surface area (TPSA) is 84.0 Å². The fraction of sp³-hybridized carbons (Fsp3) is 0.500. The Morgan fingerprint density at radius 3 is 2.20 bits per heavy atom. The molecule has 1 aromatic rings. The van der Waals surface area contributed by atoms with Crippen molar-refractivity contribution in [2.24, 2.45) is 0 Å². The first-order valence-electron chi connectivity index (χ1n) is 7.45. The maximum atomic E-state index is 12.5. The molecule has 0 aliphatic heterocycles. The molecule has 0 saturated heterocycles. The highest BCUT2D eigenvalue weighted by atomic mass is 35.5. The summed E-state index contributed by atoms with van der Waals surface area (Å²) in [6.45, 7) is 4.88. The van der Waals surface area contributed by atoms with Crippen molar-refractivity contribution in [3.8, 4) is 0 Å². The second-order valence-electron chi connectivity index (χ2n) is 6.68. The van der Waals surface area contributed by atoms with Crippen molar-refractivity contribution >= 4 is 33.5 Å². The first-order chi connectivity index (χ1) is 11.3. The summed E-state index contributed by atoms with van der Waals surface area (Å²) in [6, 6.07) is 3.86. The number of likely N-dealkylation sites (N-methyl/N-ethyl adjacent to an activating group) is 1. The number of hydrogen-bond donors (Lipinski definition) is 0. The van der Waals surface area contributed by atoms with Crippen LogP contribution < -0.4 is 0 Å². The van der Waals surface area contributed by atoms with Gasteiger partial charge in [0.05, 0.1) is 15.5 Å². The van der Waals surface area contributed by atoms with Crippen LogP contribution in [0.15, 0.2) is 23.1 Å². The number of halogens is 1. The van der Waals surface area contributed by atoms with Crippen LogP contribution in [0.4, 0.5) is 0 Å². The van der Waals surface area contributed by atoms with E-state index >= 15 is 0 Å². The zero-order valence-electron chi connectivity index (χ0n) is 15.2. The lowest BCUT2D eigenvalue weighted by Crippen LogP contribution is -2.36. The number of carbonyl (C=O) groups is 2. The molecule has 25 heavy (non-hydrogen) atoms. The van der Waals surface area contributed by atoms with Gasteiger partial charge in [0.15, 0.2) is 0 Å². The van der Waals surface area contributed by atoms with Crippen molar-refractivity contribution in [1.82, 2.24) is 9.21 Å². The molecule has 0 heterocycles. The van der Waals surface area contributed by atoms with Crippen LogP contribution >= 0.6 is 11.6 Å². The number of carbonyl (C=O) groups excluding carboxylic acids is 2. The Kier molecular flexibility index (Phi) is 6.61. The molecular formula is C16H23ClN2O5S. The van der Waals surface area contributed by atoms with Crippen molar-refractivity contribution in [3.63, 3.8) is 0 Å². The number of ether oxygens (including phenoxy) is 1. The number of benzene rings is 1. The molecule has 0 bridgehead atoms. The standard InChI is InChI=1S/C16H23ClN2O5S/c1-16(2,3)24-14(20)10-19(6)15(21)12-9-11(7-8-13(12)17)25(22,23)18(4)5/h7-9H,10H2,1-6H3. The first-order valence-corrected chi connectivity index (χ1v) is 9.27. The van der Waals surface area contributed by atoms with E-state index in [1.54, 1.807) is 20.8 Å². The molecule has 0 N–H and O–H groups in total. The molecule has 0 aromatic heterocycles. The summed E-state index contributed by atoms with van der Waals surface area (Å²) in [7, 11) is 0.480. The zero-order chi connectivity index (χ0) is 19.6. The molecule has 0 aliphatic carbocycles. The average molecular weight is 391 g/mol. The third-order valence-corrected chi connectivity index (χ3v) is 5.22. The molecule has 0 fully saturated rings.